The normalized spacial score (nSPS) is 33.4. The second-order valence-corrected chi connectivity index (χ2v) is 5.82. The first-order valence-corrected chi connectivity index (χ1v) is 6.25. The lowest BCUT2D eigenvalue weighted by Gasteiger charge is -2.18. The van der Waals surface area contributed by atoms with Crippen LogP contribution < -0.4 is 5.73 Å². The van der Waals surface area contributed by atoms with E-state index in [4.69, 9.17) is 14.8 Å². The molecule has 0 aliphatic heterocycles. The van der Waals surface area contributed by atoms with E-state index in [2.05, 4.69) is 0 Å². The van der Waals surface area contributed by atoms with Gasteiger partial charge in [-0.1, -0.05) is 0 Å². The molecule has 5 heteroatoms. The van der Waals surface area contributed by atoms with E-state index in [1.807, 2.05) is 20.8 Å². The Morgan fingerprint density at radius 3 is 2.08 bits per heavy atom. The summed E-state index contributed by atoms with van der Waals surface area (Å²) in [6, 6.07) is 0. The molecular weight excluding hydrogens is 189 g/mol. The zero-order valence-electron chi connectivity index (χ0n) is 8.45. The molecule has 0 amide bonds. The summed E-state index contributed by atoms with van der Waals surface area (Å²) in [7, 11) is -2.93. The summed E-state index contributed by atoms with van der Waals surface area (Å²) < 4.78 is 22.4. The molecule has 78 valence electrons. The summed E-state index contributed by atoms with van der Waals surface area (Å²) in [5.41, 5.74) is 5.35. The molecule has 2 N–H and O–H groups in total. The summed E-state index contributed by atoms with van der Waals surface area (Å²) in [6.45, 7) is 6.31. The quantitative estimate of drug-likeness (QED) is 0.697. The Labute approximate surface area is 79.3 Å². The lowest BCUT2D eigenvalue weighted by Crippen LogP contribution is -2.23. The third kappa shape index (κ3) is 2.32. The van der Waals surface area contributed by atoms with E-state index in [1.54, 1.807) is 0 Å². The van der Waals surface area contributed by atoms with Gasteiger partial charge in [0.15, 0.2) is 0 Å². The molecule has 1 aliphatic rings. The van der Waals surface area contributed by atoms with Crippen LogP contribution in [-0.4, -0.2) is 24.4 Å². The van der Waals surface area contributed by atoms with Gasteiger partial charge in [-0.05, 0) is 27.2 Å². The summed E-state index contributed by atoms with van der Waals surface area (Å²) in [4.78, 5) is 0. The molecule has 0 unspecified atom stereocenters. The second kappa shape index (κ2) is 3.70. The molecule has 0 saturated heterocycles. The molecule has 1 saturated carbocycles. The van der Waals surface area contributed by atoms with Crippen LogP contribution in [0.1, 0.15) is 27.2 Å². The zero-order chi connectivity index (χ0) is 10.1. The predicted molar refractivity (Wildman–Crippen MR) is 51.9 cm³/mol. The fourth-order valence-corrected chi connectivity index (χ4v) is 3.90. The third-order valence-electron chi connectivity index (χ3n) is 2.23. The average Bonchev–Trinajstić information content (AvgIpc) is 2.62. The molecule has 2 atom stereocenters. The van der Waals surface area contributed by atoms with Crippen molar-refractivity contribution in [3.8, 4) is 0 Å². The maximum absolute atomic E-state index is 12.1. The Hall–Kier alpha value is 0.110. The van der Waals surface area contributed by atoms with Gasteiger partial charge in [-0.3, -0.25) is 4.57 Å². The average molecular weight is 207 g/mol. The molecule has 0 spiro atoms. The van der Waals surface area contributed by atoms with Gasteiger partial charge in [0.1, 0.15) is 0 Å². The van der Waals surface area contributed by atoms with E-state index in [0.29, 0.717) is 13.2 Å². The predicted octanol–water partition coefficient (Wildman–Crippen LogP) is 1.74. The van der Waals surface area contributed by atoms with Crippen molar-refractivity contribution in [2.45, 2.75) is 38.4 Å². The van der Waals surface area contributed by atoms with Crippen LogP contribution in [-0.2, 0) is 13.6 Å². The van der Waals surface area contributed by atoms with Gasteiger partial charge >= 0.3 is 7.60 Å². The minimum Gasteiger partial charge on any atom is -0.324 e. The number of nitrogens with two attached hydrogens (primary N) is 1. The van der Waals surface area contributed by atoms with Gasteiger partial charge < -0.3 is 14.8 Å². The van der Waals surface area contributed by atoms with E-state index in [-0.39, 0.29) is 11.2 Å². The highest BCUT2D eigenvalue weighted by molar-refractivity contribution is 7.55. The van der Waals surface area contributed by atoms with Crippen LogP contribution >= 0.6 is 7.60 Å². The Kier molecular flexibility index (Phi) is 3.18. The Bertz CT molecular complexity index is 219. The largest absolute Gasteiger partial charge is 0.335 e. The van der Waals surface area contributed by atoms with Crippen LogP contribution in [0.2, 0.25) is 0 Å². The van der Waals surface area contributed by atoms with Crippen LogP contribution in [0.25, 0.3) is 0 Å². The summed E-state index contributed by atoms with van der Waals surface area (Å²) in [6.07, 6.45) is 0.726. The zero-order valence-corrected chi connectivity index (χ0v) is 9.34. The smallest absolute Gasteiger partial charge is 0.324 e. The molecule has 0 aromatic carbocycles. The minimum absolute atomic E-state index is 0.111. The SMILES string of the molecule is CCOP(=O)(OCC)[C@@H]1C[C@@]1(C)N. The number of hydrogen-bond acceptors (Lipinski definition) is 4. The van der Waals surface area contributed by atoms with Gasteiger partial charge in [0.25, 0.3) is 0 Å². The third-order valence-corrected chi connectivity index (χ3v) is 5.01. The highest BCUT2D eigenvalue weighted by Gasteiger charge is 2.59. The fourth-order valence-electron chi connectivity index (χ4n) is 1.41. The van der Waals surface area contributed by atoms with E-state index >= 15 is 0 Å². The summed E-state index contributed by atoms with van der Waals surface area (Å²) in [5.74, 6) is 0. The van der Waals surface area contributed by atoms with E-state index in [1.165, 1.54) is 0 Å². The fraction of sp³-hybridized carbons (Fsp3) is 1.00. The van der Waals surface area contributed by atoms with Crippen molar-refractivity contribution in [3.05, 3.63) is 0 Å². The molecule has 4 nitrogen and oxygen atoms in total. The first kappa shape index (κ1) is 11.2. The maximum atomic E-state index is 12.1. The van der Waals surface area contributed by atoms with Crippen molar-refractivity contribution in [1.29, 1.82) is 0 Å². The minimum atomic E-state index is -2.93. The maximum Gasteiger partial charge on any atom is 0.335 e. The topological polar surface area (TPSA) is 61.5 Å². The Balaban J connectivity index is 2.64. The van der Waals surface area contributed by atoms with Crippen molar-refractivity contribution in [2.24, 2.45) is 5.73 Å². The van der Waals surface area contributed by atoms with Crippen LogP contribution in [0.3, 0.4) is 0 Å². The molecule has 0 aromatic heterocycles. The molecule has 1 rings (SSSR count). The lowest BCUT2D eigenvalue weighted by atomic mass is 10.4. The molecule has 0 heterocycles. The first-order chi connectivity index (χ1) is 5.96. The number of rotatable bonds is 5. The standard InChI is InChI=1S/C8H18NO3P/c1-4-11-13(10,12-5-2)7-6-8(7,3)9/h7H,4-6,9H2,1-3H3/t7-,8-/m1/s1. The molecule has 0 radical (unpaired) electrons. The van der Waals surface area contributed by atoms with Crippen LogP contribution in [0.4, 0.5) is 0 Å². The van der Waals surface area contributed by atoms with Crippen LogP contribution in [0, 0.1) is 0 Å². The Morgan fingerprint density at radius 1 is 1.46 bits per heavy atom. The van der Waals surface area contributed by atoms with Gasteiger partial charge in [0.05, 0.1) is 18.9 Å². The second-order valence-electron chi connectivity index (χ2n) is 3.60. The van der Waals surface area contributed by atoms with Crippen molar-refractivity contribution < 1.29 is 13.6 Å². The van der Waals surface area contributed by atoms with E-state index in [0.717, 1.165) is 6.42 Å². The van der Waals surface area contributed by atoms with Crippen molar-refractivity contribution in [1.82, 2.24) is 0 Å². The summed E-state index contributed by atoms with van der Waals surface area (Å²) in [5, 5.41) is 0. The van der Waals surface area contributed by atoms with Crippen molar-refractivity contribution in [2.75, 3.05) is 13.2 Å². The molecular formula is C8H18NO3P. The molecule has 13 heavy (non-hydrogen) atoms. The molecule has 1 fully saturated rings. The van der Waals surface area contributed by atoms with E-state index in [9.17, 15) is 4.57 Å². The van der Waals surface area contributed by atoms with Crippen LogP contribution in [0.15, 0.2) is 0 Å². The monoisotopic (exact) mass is 207 g/mol. The molecule has 1 aliphatic carbocycles. The molecule has 0 aromatic rings. The molecule has 0 bridgehead atoms. The van der Waals surface area contributed by atoms with Crippen LogP contribution in [0.5, 0.6) is 0 Å². The highest BCUT2D eigenvalue weighted by atomic mass is 31.2. The first-order valence-electron chi connectivity index (χ1n) is 4.64. The van der Waals surface area contributed by atoms with Crippen molar-refractivity contribution >= 4 is 7.60 Å². The summed E-state index contributed by atoms with van der Waals surface area (Å²) >= 11 is 0. The van der Waals surface area contributed by atoms with Gasteiger partial charge in [0, 0.05) is 5.54 Å². The van der Waals surface area contributed by atoms with Gasteiger partial charge in [-0.2, -0.15) is 0 Å². The Morgan fingerprint density at radius 2 is 1.85 bits per heavy atom. The van der Waals surface area contributed by atoms with Crippen molar-refractivity contribution in [3.63, 3.8) is 0 Å². The number of hydrogen-bond donors (Lipinski definition) is 1. The highest BCUT2D eigenvalue weighted by Crippen LogP contribution is 2.65. The van der Waals surface area contributed by atoms with E-state index < -0.39 is 7.60 Å². The van der Waals surface area contributed by atoms with Gasteiger partial charge in [0.2, 0.25) is 0 Å². The van der Waals surface area contributed by atoms with Gasteiger partial charge in [-0.25, -0.2) is 0 Å². The lowest BCUT2D eigenvalue weighted by molar-refractivity contribution is 0.217. The van der Waals surface area contributed by atoms with Gasteiger partial charge in [-0.15, -0.1) is 0 Å².